The molecule has 0 spiro atoms. The Labute approximate surface area is 110 Å². The maximum atomic E-state index is 12.1. The second-order valence-electron chi connectivity index (χ2n) is 4.89. The Bertz CT molecular complexity index is 431. The van der Waals surface area contributed by atoms with E-state index in [0.717, 1.165) is 22.3 Å². The van der Waals surface area contributed by atoms with Crippen LogP contribution in [-0.4, -0.2) is 12.5 Å². The number of amides is 1. The third-order valence-electron chi connectivity index (χ3n) is 2.91. The van der Waals surface area contributed by atoms with Gasteiger partial charge in [-0.25, -0.2) is 0 Å². The number of carbonyl (C=O) groups excluding carboxylic acids is 1. The third-order valence-corrected chi connectivity index (χ3v) is 3.40. The Hall–Kier alpha value is -1.03. The topological polar surface area (TPSA) is 41.1 Å². The molecule has 3 nitrogen and oxygen atoms in total. The smallest absolute Gasteiger partial charge is 0.229 e. The van der Waals surface area contributed by atoms with Gasteiger partial charge in [0.15, 0.2) is 0 Å². The Kier molecular flexibility index (Phi) is 3.72. The minimum absolute atomic E-state index is 0.0428. The van der Waals surface area contributed by atoms with Crippen molar-refractivity contribution in [1.29, 1.82) is 0 Å². The molecule has 1 heterocycles. The molecule has 1 aromatic rings. The molecule has 0 saturated carbocycles. The van der Waals surface area contributed by atoms with E-state index in [9.17, 15) is 4.79 Å². The summed E-state index contributed by atoms with van der Waals surface area (Å²) in [7, 11) is 0. The zero-order valence-electron chi connectivity index (χ0n) is 10.1. The van der Waals surface area contributed by atoms with Crippen molar-refractivity contribution in [2.24, 2.45) is 11.8 Å². The van der Waals surface area contributed by atoms with Crippen molar-refractivity contribution in [3.05, 3.63) is 22.7 Å². The molecule has 2 N–H and O–H groups in total. The fraction of sp³-hybridized carbons (Fsp3) is 0.462. The second-order valence-corrected chi connectivity index (χ2v) is 5.80. The van der Waals surface area contributed by atoms with Gasteiger partial charge in [0.2, 0.25) is 5.91 Å². The van der Waals surface area contributed by atoms with Crippen molar-refractivity contribution < 1.29 is 4.79 Å². The lowest BCUT2D eigenvalue weighted by atomic mass is 9.96. The van der Waals surface area contributed by atoms with E-state index in [-0.39, 0.29) is 11.8 Å². The number of anilines is 2. The van der Waals surface area contributed by atoms with Crippen LogP contribution in [0.1, 0.15) is 20.3 Å². The predicted molar refractivity (Wildman–Crippen MR) is 74.2 cm³/mol. The Morgan fingerprint density at radius 2 is 2.18 bits per heavy atom. The van der Waals surface area contributed by atoms with Crippen LogP contribution in [0.2, 0.25) is 0 Å². The first-order valence-corrected chi connectivity index (χ1v) is 6.70. The highest BCUT2D eigenvalue weighted by atomic mass is 79.9. The summed E-state index contributed by atoms with van der Waals surface area (Å²) in [4.78, 5) is 12.1. The van der Waals surface area contributed by atoms with Gasteiger partial charge < -0.3 is 10.6 Å². The fourth-order valence-electron chi connectivity index (χ4n) is 2.09. The monoisotopic (exact) mass is 296 g/mol. The van der Waals surface area contributed by atoms with E-state index in [1.54, 1.807) is 0 Å². The first kappa shape index (κ1) is 12.4. The van der Waals surface area contributed by atoms with E-state index in [1.807, 2.05) is 18.2 Å². The van der Waals surface area contributed by atoms with Crippen LogP contribution in [0.3, 0.4) is 0 Å². The zero-order valence-corrected chi connectivity index (χ0v) is 11.7. The standard InChI is InChI=1S/C13H17BrN2O/c1-8(2)5-9-7-15-11-4-3-10(14)6-12(11)16-13(9)17/h3-4,6,8-9,15H,5,7H2,1-2H3,(H,16,17)/t9-/m1/s1. The molecule has 1 aliphatic rings. The number of halogens is 1. The van der Waals surface area contributed by atoms with E-state index in [4.69, 9.17) is 0 Å². The lowest BCUT2D eigenvalue weighted by Crippen LogP contribution is -2.27. The van der Waals surface area contributed by atoms with Crippen molar-refractivity contribution in [3.63, 3.8) is 0 Å². The highest BCUT2D eigenvalue weighted by Gasteiger charge is 2.23. The van der Waals surface area contributed by atoms with E-state index < -0.39 is 0 Å². The lowest BCUT2D eigenvalue weighted by Gasteiger charge is -2.15. The third kappa shape index (κ3) is 3.00. The van der Waals surface area contributed by atoms with Gasteiger partial charge in [0.1, 0.15) is 0 Å². The summed E-state index contributed by atoms with van der Waals surface area (Å²) in [6, 6.07) is 5.89. The normalized spacial score (nSPS) is 19.3. The number of carbonyl (C=O) groups is 1. The van der Waals surface area contributed by atoms with Gasteiger partial charge in [-0.05, 0) is 30.5 Å². The van der Waals surface area contributed by atoms with Crippen LogP contribution in [0, 0.1) is 11.8 Å². The molecule has 1 aromatic carbocycles. The highest BCUT2D eigenvalue weighted by molar-refractivity contribution is 9.10. The van der Waals surface area contributed by atoms with Crippen molar-refractivity contribution in [3.8, 4) is 0 Å². The van der Waals surface area contributed by atoms with Gasteiger partial charge in [-0.1, -0.05) is 29.8 Å². The summed E-state index contributed by atoms with van der Waals surface area (Å²) in [6.45, 7) is 4.99. The molecule has 0 radical (unpaired) electrons. The molecule has 0 unspecified atom stereocenters. The molecule has 1 amide bonds. The predicted octanol–water partition coefficient (Wildman–Crippen LogP) is 3.48. The minimum Gasteiger partial charge on any atom is -0.383 e. The van der Waals surface area contributed by atoms with E-state index in [0.29, 0.717) is 12.5 Å². The largest absolute Gasteiger partial charge is 0.383 e. The van der Waals surface area contributed by atoms with Crippen LogP contribution in [-0.2, 0) is 4.79 Å². The fourth-order valence-corrected chi connectivity index (χ4v) is 2.46. The maximum Gasteiger partial charge on any atom is 0.229 e. The number of rotatable bonds is 2. The number of benzene rings is 1. The van der Waals surface area contributed by atoms with Gasteiger partial charge in [-0.2, -0.15) is 0 Å². The van der Waals surface area contributed by atoms with Crippen LogP contribution in [0.15, 0.2) is 22.7 Å². The molecule has 4 heteroatoms. The maximum absolute atomic E-state index is 12.1. The number of nitrogens with one attached hydrogen (secondary N) is 2. The van der Waals surface area contributed by atoms with Gasteiger partial charge in [0, 0.05) is 11.0 Å². The molecule has 1 atom stereocenters. The zero-order chi connectivity index (χ0) is 12.4. The summed E-state index contributed by atoms with van der Waals surface area (Å²) < 4.78 is 0.973. The van der Waals surface area contributed by atoms with Gasteiger partial charge in [-0.15, -0.1) is 0 Å². The lowest BCUT2D eigenvalue weighted by molar-refractivity contribution is -0.119. The Morgan fingerprint density at radius 3 is 2.88 bits per heavy atom. The van der Waals surface area contributed by atoms with Crippen molar-refractivity contribution >= 4 is 33.2 Å². The summed E-state index contributed by atoms with van der Waals surface area (Å²) in [5.74, 6) is 0.685. The second kappa shape index (κ2) is 5.08. The molecule has 2 rings (SSSR count). The van der Waals surface area contributed by atoms with E-state index in [1.165, 1.54) is 0 Å². The molecular weight excluding hydrogens is 280 g/mol. The molecule has 1 aliphatic heterocycles. The first-order chi connectivity index (χ1) is 8.06. The molecular formula is C13H17BrN2O. The average Bonchev–Trinajstić information content (AvgIpc) is 2.38. The van der Waals surface area contributed by atoms with Crippen molar-refractivity contribution in [2.45, 2.75) is 20.3 Å². The van der Waals surface area contributed by atoms with Crippen LogP contribution >= 0.6 is 15.9 Å². The average molecular weight is 297 g/mol. The number of hydrogen-bond donors (Lipinski definition) is 2. The van der Waals surface area contributed by atoms with Gasteiger partial charge in [-0.3, -0.25) is 4.79 Å². The molecule has 92 valence electrons. The Morgan fingerprint density at radius 1 is 1.41 bits per heavy atom. The number of fused-ring (bicyclic) bond motifs is 1. The molecule has 17 heavy (non-hydrogen) atoms. The van der Waals surface area contributed by atoms with Crippen LogP contribution in [0.25, 0.3) is 0 Å². The van der Waals surface area contributed by atoms with Crippen molar-refractivity contribution in [1.82, 2.24) is 0 Å². The van der Waals surface area contributed by atoms with Crippen molar-refractivity contribution in [2.75, 3.05) is 17.2 Å². The number of hydrogen-bond acceptors (Lipinski definition) is 2. The van der Waals surface area contributed by atoms with Gasteiger partial charge in [0.25, 0.3) is 0 Å². The van der Waals surface area contributed by atoms with Gasteiger partial charge in [0.05, 0.1) is 17.3 Å². The molecule has 0 bridgehead atoms. The quantitative estimate of drug-likeness (QED) is 0.877. The van der Waals surface area contributed by atoms with Crippen LogP contribution in [0.4, 0.5) is 11.4 Å². The Balaban J connectivity index is 2.19. The summed E-state index contributed by atoms with van der Waals surface area (Å²) in [5, 5.41) is 6.32. The SMILES string of the molecule is CC(C)C[C@@H]1CNc2ccc(Br)cc2NC1=O. The van der Waals surface area contributed by atoms with E-state index in [2.05, 4.69) is 40.4 Å². The van der Waals surface area contributed by atoms with Crippen LogP contribution in [0.5, 0.6) is 0 Å². The minimum atomic E-state index is 0.0428. The van der Waals surface area contributed by atoms with Crippen LogP contribution < -0.4 is 10.6 Å². The highest BCUT2D eigenvalue weighted by Crippen LogP contribution is 2.29. The van der Waals surface area contributed by atoms with Gasteiger partial charge >= 0.3 is 0 Å². The molecule has 0 aliphatic carbocycles. The molecule has 0 aromatic heterocycles. The summed E-state index contributed by atoms with van der Waals surface area (Å²) in [6.07, 6.45) is 0.911. The summed E-state index contributed by atoms with van der Waals surface area (Å²) in [5.41, 5.74) is 1.85. The molecule has 0 fully saturated rings. The molecule has 0 saturated heterocycles. The van der Waals surface area contributed by atoms with E-state index >= 15 is 0 Å². The summed E-state index contributed by atoms with van der Waals surface area (Å²) >= 11 is 3.41. The first-order valence-electron chi connectivity index (χ1n) is 5.90.